The Hall–Kier alpha value is -2.37. The van der Waals surface area contributed by atoms with E-state index in [0.29, 0.717) is 6.54 Å². The van der Waals surface area contributed by atoms with Crippen molar-refractivity contribution in [1.82, 2.24) is 34.5 Å². The second-order valence-corrected chi connectivity index (χ2v) is 6.09. The lowest BCUT2D eigenvalue weighted by Gasteiger charge is -2.22. The van der Waals surface area contributed by atoms with Crippen molar-refractivity contribution in [2.75, 3.05) is 32.5 Å². The molecule has 0 aliphatic rings. The van der Waals surface area contributed by atoms with Crippen LogP contribution in [-0.4, -0.2) is 62.4 Å². The first-order valence-electron chi connectivity index (χ1n) is 8.48. The van der Waals surface area contributed by atoms with Crippen LogP contribution in [0.15, 0.2) is 35.8 Å². The number of nitrogens with zero attached hydrogens (tertiary/aromatic N) is 7. The minimum absolute atomic E-state index is 0. The van der Waals surface area contributed by atoms with Gasteiger partial charge in [0.15, 0.2) is 11.6 Å². The third kappa shape index (κ3) is 4.87. The number of aromatic nitrogens is 5. The van der Waals surface area contributed by atoms with Crippen molar-refractivity contribution in [3.05, 3.63) is 36.5 Å². The first-order valence-corrected chi connectivity index (χ1v) is 8.48. The van der Waals surface area contributed by atoms with Crippen molar-refractivity contribution in [3.63, 3.8) is 0 Å². The molecule has 0 aromatic carbocycles. The van der Waals surface area contributed by atoms with E-state index in [-0.39, 0.29) is 24.0 Å². The van der Waals surface area contributed by atoms with Gasteiger partial charge in [0.2, 0.25) is 0 Å². The fourth-order valence-electron chi connectivity index (χ4n) is 2.82. The van der Waals surface area contributed by atoms with E-state index in [1.54, 1.807) is 24.3 Å². The number of hydrogen-bond acceptors (Lipinski definition) is 5. The number of anilines is 1. The summed E-state index contributed by atoms with van der Waals surface area (Å²) in [5, 5.41) is 11.8. The average Bonchev–Trinajstić information content (AvgIpc) is 3.21. The normalized spacial score (nSPS) is 11.3. The van der Waals surface area contributed by atoms with Crippen LogP contribution < -0.4 is 10.6 Å². The number of rotatable bonds is 6. The maximum atomic E-state index is 4.35. The molecule has 10 heteroatoms. The molecule has 2 N–H and O–H groups in total. The van der Waals surface area contributed by atoms with Crippen LogP contribution in [0.1, 0.15) is 5.69 Å². The predicted molar refractivity (Wildman–Crippen MR) is 118 cm³/mol. The Kier molecular flexibility index (Phi) is 7.39. The molecule has 0 radical (unpaired) electrons. The quantitative estimate of drug-likeness (QED) is 0.239. The molecule has 27 heavy (non-hydrogen) atoms. The average molecular weight is 483 g/mol. The fourth-order valence-corrected chi connectivity index (χ4v) is 2.82. The SMILES string of the molecule is CN=C(NCCNc1ncnc2c1cnn2C)N(C)Cc1cccn1C.I. The minimum Gasteiger partial charge on any atom is -0.368 e. The van der Waals surface area contributed by atoms with E-state index in [4.69, 9.17) is 0 Å². The highest BCUT2D eigenvalue weighted by Crippen LogP contribution is 2.17. The van der Waals surface area contributed by atoms with Crippen LogP contribution in [0.3, 0.4) is 0 Å². The van der Waals surface area contributed by atoms with Crippen LogP contribution in [0.5, 0.6) is 0 Å². The van der Waals surface area contributed by atoms with Gasteiger partial charge in [0.25, 0.3) is 0 Å². The molecule has 0 fully saturated rings. The van der Waals surface area contributed by atoms with Gasteiger partial charge >= 0.3 is 0 Å². The van der Waals surface area contributed by atoms with Gasteiger partial charge in [-0.05, 0) is 12.1 Å². The first kappa shape index (κ1) is 20.9. The molecule has 3 heterocycles. The first-order chi connectivity index (χ1) is 12.6. The van der Waals surface area contributed by atoms with Crippen molar-refractivity contribution < 1.29 is 0 Å². The summed E-state index contributed by atoms with van der Waals surface area (Å²) in [4.78, 5) is 15.0. The number of nitrogens with one attached hydrogen (secondary N) is 2. The Morgan fingerprint density at radius 2 is 2.07 bits per heavy atom. The van der Waals surface area contributed by atoms with Crippen LogP contribution in [0.2, 0.25) is 0 Å². The van der Waals surface area contributed by atoms with Crippen LogP contribution in [0.25, 0.3) is 11.0 Å². The summed E-state index contributed by atoms with van der Waals surface area (Å²) in [5.74, 6) is 1.64. The Labute approximate surface area is 175 Å². The van der Waals surface area contributed by atoms with Crippen molar-refractivity contribution >= 4 is 46.8 Å². The summed E-state index contributed by atoms with van der Waals surface area (Å²) < 4.78 is 3.85. The number of aliphatic imine (C=N–C) groups is 1. The van der Waals surface area contributed by atoms with Gasteiger partial charge in [0, 0.05) is 53.2 Å². The standard InChI is InChI=1S/C17H25N9.HI/c1-18-17(25(3)11-13-6-5-9-24(13)2)20-8-7-19-15-14-10-23-26(4)16(14)22-12-21-15;/h5-6,9-10,12H,7-8,11H2,1-4H3,(H,18,20)(H,19,21,22);1H. The van der Waals surface area contributed by atoms with E-state index in [1.807, 2.05) is 33.4 Å². The maximum absolute atomic E-state index is 4.35. The van der Waals surface area contributed by atoms with E-state index in [9.17, 15) is 0 Å². The number of fused-ring (bicyclic) bond motifs is 1. The van der Waals surface area contributed by atoms with E-state index < -0.39 is 0 Å². The Bertz CT molecular complexity index is 899. The van der Waals surface area contributed by atoms with E-state index in [2.05, 4.69) is 46.2 Å². The van der Waals surface area contributed by atoms with Gasteiger partial charge in [0.05, 0.1) is 18.1 Å². The summed E-state index contributed by atoms with van der Waals surface area (Å²) >= 11 is 0. The topological polar surface area (TPSA) is 88.2 Å². The Morgan fingerprint density at radius 1 is 1.26 bits per heavy atom. The van der Waals surface area contributed by atoms with Crippen molar-refractivity contribution in [3.8, 4) is 0 Å². The monoisotopic (exact) mass is 483 g/mol. The zero-order valence-electron chi connectivity index (χ0n) is 16.0. The molecule has 0 spiro atoms. The third-order valence-electron chi connectivity index (χ3n) is 4.25. The predicted octanol–water partition coefficient (Wildman–Crippen LogP) is 1.44. The molecule has 0 saturated heterocycles. The molecule has 0 saturated carbocycles. The second kappa shape index (κ2) is 9.53. The summed E-state index contributed by atoms with van der Waals surface area (Å²) in [7, 11) is 7.73. The highest BCUT2D eigenvalue weighted by Gasteiger charge is 2.09. The molecule has 3 rings (SSSR count). The number of guanidine groups is 1. The Morgan fingerprint density at radius 3 is 2.78 bits per heavy atom. The third-order valence-corrected chi connectivity index (χ3v) is 4.25. The van der Waals surface area contributed by atoms with Crippen molar-refractivity contribution in [2.24, 2.45) is 19.1 Å². The van der Waals surface area contributed by atoms with Crippen LogP contribution in [0, 0.1) is 0 Å². The van der Waals surface area contributed by atoms with Crippen molar-refractivity contribution in [2.45, 2.75) is 6.54 Å². The summed E-state index contributed by atoms with van der Waals surface area (Å²) in [6.07, 6.45) is 5.37. The maximum Gasteiger partial charge on any atom is 0.193 e. The molecule has 0 aliphatic heterocycles. The number of halogens is 1. The van der Waals surface area contributed by atoms with Crippen LogP contribution in [-0.2, 0) is 20.6 Å². The van der Waals surface area contributed by atoms with Gasteiger partial charge in [-0.25, -0.2) is 9.97 Å². The molecule has 0 atom stereocenters. The molecular weight excluding hydrogens is 457 g/mol. The second-order valence-electron chi connectivity index (χ2n) is 6.09. The molecule has 9 nitrogen and oxygen atoms in total. The largest absolute Gasteiger partial charge is 0.368 e. The summed E-state index contributed by atoms with van der Waals surface area (Å²) in [6.45, 7) is 2.22. The highest BCUT2D eigenvalue weighted by molar-refractivity contribution is 14.0. The molecule has 146 valence electrons. The molecule has 0 aliphatic carbocycles. The van der Waals surface area contributed by atoms with Gasteiger partial charge in [0.1, 0.15) is 12.1 Å². The van der Waals surface area contributed by atoms with Gasteiger partial charge < -0.3 is 20.1 Å². The summed E-state index contributed by atoms with van der Waals surface area (Å²) in [6, 6.07) is 4.16. The lowest BCUT2D eigenvalue weighted by molar-refractivity contribution is 0.463. The lowest BCUT2D eigenvalue weighted by atomic mass is 10.4. The molecule has 0 amide bonds. The molecular formula is C17H26IN9. The molecule has 0 unspecified atom stereocenters. The molecule has 3 aromatic heterocycles. The fraction of sp³-hybridized carbons (Fsp3) is 0.412. The van der Waals surface area contributed by atoms with Crippen LogP contribution in [0.4, 0.5) is 5.82 Å². The number of aryl methyl sites for hydroxylation is 2. The van der Waals surface area contributed by atoms with Gasteiger partial charge in [-0.15, -0.1) is 24.0 Å². The molecule has 3 aromatic rings. The molecule has 0 bridgehead atoms. The number of hydrogen-bond donors (Lipinski definition) is 2. The van der Waals surface area contributed by atoms with Gasteiger partial charge in [-0.1, -0.05) is 0 Å². The Balaban J connectivity index is 0.00000261. The van der Waals surface area contributed by atoms with E-state index >= 15 is 0 Å². The zero-order chi connectivity index (χ0) is 18.5. The zero-order valence-corrected chi connectivity index (χ0v) is 18.4. The van der Waals surface area contributed by atoms with Crippen molar-refractivity contribution in [1.29, 1.82) is 0 Å². The van der Waals surface area contributed by atoms with Gasteiger partial charge in [-0.2, -0.15) is 5.10 Å². The minimum atomic E-state index is 0. The highest BCUT2D eigenvalue weighted by atomic mass is 127. The summed E-state index contributed by atoms with van der Waals surface area (Å²) in [5.41, 5.74) is 2.04. The van der Waals surface area contributed by atoms with Gasteiger partial charge in [-0.3, -0.25) is 9.67 Å². The lowest BCUT2D eigenvalue weighted by Crippen LogP contribution is -2.40. The smallest absolute Gasteiger partial charge is 0.193 e. The van der Waals surface area contributed by atoms with E-state index in [1.165, 1.54) is 5.69 Å². The van der Waals surface area contributed by atoms with E-state index in [0.717, 1.165) is 35.9 Å². The van der Waals surface area contributed by atoms with Crippen LogP contribution >= 0.6 is 24.0 Å².